The van der Waals surface area contributed by atoms with Crippen molar-refractivity contribution in [3.63, 3.8) is 0 Å². The van der Waals surface area contributed by atoms with E-state index in [-0.39, 0.29) is 5.25 Å². The first kappa shape index (κ1) is 10.4. The summed E-state index contributed by atoms with van der Waals surface area (Å²) in [6.07, 6.45) is 1.48. The predicted octanol–water partition coefficient (Wildman–Crippen LogP) is 0.444. The van der Waals surface area contributed by atoms with Crippen LogP contribution in [0.25, 0.3) is 0 Å². The van der Waals surface area contributed by atoms with Crippen LogP contribution in [0.1, 0.15) is 18.5 Å². The predicted molar refractivity (Wildman–Crippen MR) is 57.7 cm³/mol. The summed E-state index contributed by atoms with van der Waals surface area (Å²) in [5.74, 6) is 0.352. The largest absolute Gasteiger partial charge is 0.325 e. The van der Waals surface area contributed by atoms with Crippen molar-refractivity contribution >= 4 is 15.8 Å². The molecule has 1 fully saturated rings. The van der Waals surface area contributed by atoms with Gasteiger partial charge in [-0.1, -0.05) is 6.07 Å². The molecule has 1 aliphatic rings. The molecule has 0 saturated heterocycles. The van der Waals surface area contributed by atoms with Crippen LogP contribution in [0.3, 0.4) is 0 Å². The summed E-state index contributed by atoms with van der Waals surface area (Å²) < 4.78 is 25.6. The molecule has 1 heterocycles. The lowest BCUT2D eigenvalue weighted by Crippen LogP contribution is -2.18. The van der Waals surface area contributed by atoms with Gasteiger partial charge in [0.15, 0.2) is 0 Å². The molecule has 2 rings (SSSR count). The second-order valence-corrected chi connectivity index (χ2v) is 5.53. The Kier molecular flexibility index (Phi) is 2.62. The minimum absolute atomic E-state index is 0.235. The van der Waals surface area contributed by atoms with Crippen molar-refractivity contribution in [1.29, 1.82) is 0 Å². The molecule has 0 spiro atoms. The van der Waals surface area contributed by atoms with Crippen molar-refractivity contribution < 1.29 is 8.42 Å². The van der Waals surface area contributed by atoms with E-state index in [2.05, 4.69) is 9.71 Å². The highest BCUT2D eigenvalue weighted by Crippen LogP contribution is 2.29. The van der Waals surface area contributed by atoms with Crippen LogP contribution in [0.4, 0.5) is 5.82 Å². The van der Waals surface area contributed by atoms with Gasteiger partial charge in [0.1, 0.15) is 5.82 Å². The zero-order valence-electron chi connectivity index (χ0n) is 8.18. The van der Waals surface area contributed by atoms with E-state index in [1.54, 1.807) is 18.2 Å². The average molecular weight is 227 g/mol. The van der Waals surface area contributed by atoms with Gasteiger partial charge in [-0.15, -0.1) is 0 Å². The molecule has 15 heavy (non-hydrogen) atoms. The molecular weight excluding hydrogens is 214 g/mol. The van der Waals surface area contributed by atoms with E-state index >= 15 is 0 Å². The van der Waals surface area contributed by atoms with Crippen LogP contribution in [0.2, 0.25) is 0 Å². The molecule has 3 N–H and O–H groups in total. The third-order valence-electron chi connectivity index (χ3n) is 2.23. The van der Waals surface area contributed by atoms with Crippen LogP contribution in [0.5, 0.6) is 0 Å². The molecule has 1 saturated carbocycles. The first-order chi connectivity index (χ1) is 7.12. The molecular formula is C9H13N3O2S. The van der Waals surface area contributed by atoms with Gasteiger partial charge in [-0.25, -0.2) is 13.4 Å². The standard InChI is InChI=1S/C9H13N3O2S/c10-6-7-2-1-3-9(11-7)12-15(13,14)8-4-5-8/h1-3,8H,4-6,10H2,(H,11,12). The summed E-state index contributed by atoms with van der Waals surface area (Å²) in [5.41, 5.74) is 6.09. The van der Waals surface area contributed by atoms with E-state index in [4.69, 9.17) is 5.73 Å². The summed E-state index contributed by atoms with van der Waals surface area (Å²) in [5, 5.41) is -0.235. The van der Waals surface area contributed by atoms with Crippen molar-refractivity contribution in [3.05, 3.63) is 23.9 Å². The highest BCUT2D eigenvalue weighted by molar-refractivity contribution is 7.93. The zero-order valence-corrected chi connectivity index (χ0v) is 9.00. The number of hydrogen-bond donors (Lipinski definition) is 2. The molecule has 6 heteroatoms. The third-order valence-corrected chi connectivity index (χ3v) is 4.07. The van der Waals surface area contributed by atoms with Crippen molar-refractivity contribution in [3.8, 4) is 0 Å². The number of nitrogens with zero attached hydrogens (tertiary/aromatic N) is 1. The fourth-order valence-electron chi connectivity index (χ4n) is 1.26. The van der Waals surface area contributed by atoms with Gasteiger partial charge in [0.05, 0.1) is 10.9 Å². The Hall–Kier alpha value is -1.14. The Bertz CT molecular complexity index is 454. The fraction of sp³-hybridized carbons (Fsp3) is 0.444. The Morgan fingerprint density at radius 2 is 2.20 bits per heavy atom. The van der Waals surface area contributed by atoms with E-state index in [1.165, 1.54) is 0 Å². The quantitative estimate of drug-likeness (QED) is 0.781. The lowest BCUT2D eigenvalue weighted by atomic mass is 10.3. The average Bonchev–Trinajstić information content (AvgIpc) is 3.00. The molecule has 0 aliphatic heterocycles. The normalized spacial score (nSPS) is 16.3. The maximum absolute atomic E-state index is 11.6. The van der Waals surface area contributed by atoms with Crippen LogP contribution in [-0.2, 0) is 16.6 Å². The third kappa shape index (κ3) is 2.45. The van der Waals surface area contributed by atoms with E-state index < -0.39 is 10.0 Å². The Morgan fingerprint density at radius 1 is 1.47 bits per heavy atom. The molecule has 0 bridgehead atoms. The summed E-state index contributed by atoms with van der Waals surface area (Å²) in [4.78, 5) is 4.07. The van der Waals surface area contributed by atoms with Crippen LogP contribution in [-0.4, -0.2) is 18.7 Å². The molecule has 0 unspecified atom stereocenters. The van der Waals surface area contributed by atoms with Crippen LogP contribution in [0.15, 0.2) is 18.2 Å². The van der Waals surface area contributed by atoms with Gasteiger partial charge in [0, 0.05) is 6.54 Å². The molecule has 0 aromatic carbocycles. The van der Waals surface area contributed by atoms with Gasteiger partial charge in [-0.3, -0.25) is 4.72 Å². The number of nitrogens with one attached hydrogen (secondary N) is 1. The lowest BCUT2D eigenvalue weighted by Gasteiger charge is -2.06. The summed E-state index contributed by atoms with van der Waals surface area (Å²) >= 11 is 0. The van der Waals surface area contributed by atoms with E-state index in [0.717, 1.165) is 12.8 Å². The van der Waals surface area contributed by atoms with Gasteiger partial charge in [-0.05, 0) is 25.0 Å². The topological polar surface area (TPSA) is 85.1 Å². The minimum atomic E-state index is -3.22. The van der Waals surface area contributed by atoms with E-state index in [9.17, 15) is 8.42 Å². The molecule has 82 valence electrons. The molecule has 0 amide bonds. The number of nitrogens with two attached hydrogens (primary N) is 1. The van der Waals surface area contributed by atoms with Crippen molar-refractivity contribution in [1.82, 2.24) is 4.98 Å². The van der Waals surface area contributed by atoms with Gasteiger partial charge in [0.2, 0.25) is 10.0 Å². The Morgan fingerprint density at radius 3 is 2.80 bits per heavy atom. The number of rotatable bonds is 4. The second-order valence-electron chi connectivity index (χ2n) is 3.56. The Balaban J connectivity index is 2.16. The first-order valence-corrected chi connectivity index (χ1v) is 6.34. The van der Waals surface area contributed by atoms with E-state index in [1.807, 2.05) is 0 Å². The van der Waals surface area contributed by atoms with Gasteiger partial charge in [0.25, 0.3) is 0 Å². The molecule has 1 aromatic rings. The summed E-state index contributed by atoms with van der Waals surface area (Å²) in [6.45, 7) is 0.305. The minimum Gasteiger partial charge on any atom is -0.325 e. The maximum Gasteiger partial charge on any atom is 0.236 e. The second kappa shape index (κ2) is 3.79. The highest BCUT2D eigenvalue weighted by Gasteiger charge is 2.35. The number of aromatic nitrogens is 1. The van der Waals surface area contributed by atoms with E-state index in [0.29, 0.717) is 18.1 Å². The molecule has 5 nitrogen and oxygen atoms in total. The molecule has 1 aliphatic carbocycles. The van der Waals surface area contributed by atoms with Gasteiger partial charge >= 0.3 is 0 Å². The number of pyridine rings is 1. The monoisotopic (exact) mass is 227 g/mol. The fourth-order valence-corrected chi connectivity index (χ4v) is 2.59. The Labute approximate surface area is 88.8 Å². The highest BCUT2D eigenvalue weighted by atomic mass is 32.2. The van der Waals surface area contributed by atoms with Gasteiger partial charge in [-0.2, -0.15) is 0 Å². The van der Waals surface area contributed by atoms with Crippen molar-refractivity contribution in [2.45, 2.75) is 24.6 Å². The SMILES string of the molecule is NCc1cccc(NS(=O)(=O)C2CC2)n1. The first-order valence-electron chi connectivity index (χ1n) is 4.79. The van der Waals surface area contributed by atoms with Crippen molar-refractivity contribution in [2.24, 2.45) is 5.73 Å². The summed E-state index contributed by atoms with van der Waals surface area (Å²) in [7, 11) is -3.22. The summed E-state index contributed by atoms with van der Waals surface area (Å²) in [6, 6.07) is 5.12. The molecule has 0 radical (unpaired) electrons. The lowest BCUT2D eigenvalue weighted by molar-refractivity contribution is 0.600. The van der Waals surface area contributed by atoms with Gasteiger partial charge < -0.3 is 5.73 Å². The van der Waals surface area contributed by atoms with Crippen LogP contribution in [0, 0.1) is 0 Å². The number of hydrogen-bond acceptors (Lipinski definition) is 4. The zero-order chi connectivity index (χ0) is 10.9. The molecule has 0 atom stereocenters. The van der Waals surface area contributed by atoms with Crippen LogP contribution < -0.4 is 10.5 Å². The van der Waals surface area contributed by atoms with Crippen molar-refractivity contribution in [2.75, 3.05) is 4.72 Å². The maximum atomic E-state index is 11.6. The number of sulfonamides is 1. The molecule has 1 aromatic heterocycles. The smallest absolute Gasteiger partial charge is 0.236 e. The van der Waals surface area contributed by atoms with Crippen LogP contribution >= 0.6 is 0 Å². The number of anilines is 1.